The van der Waals surface area contributed by atoms with Crippen LogP contribution in [-0.2, 0) is 14.2 Å². The summed E-state index contributed by atoms with van der Waals surface area (Å²) in [4.78, 5) is 13.2. The van der Waals surface area contributed by atoms with E-state index in [1.54, 1.807) is 6.07 Å². The van der Waals surface area contributed by atoms with Crippen LogP contribution in [0.2, 0.25) is 0 Å². The van der Waals surface area contributed by atoms with Gasteiger partial charge >= 0.3 is 0 Å². The molecular weight excluding hydrogens is 616 g/mol. The van der Waals surface area contributed by atoms with E-state index in [0.29, 0.717) is 5.56 Å². The molecule has 2 aliphatic heterocycles. The minimum atomic E-state index is -1.78. The fourth-order valence-corrected chi connectivity index (χ4v) is 5.18. The molecule has 2 aromatic carbocycles. The Labute approximate surface area is 261 Å². The number of phenolic OH excluding ortho intramolecular Hbond substituents is 1. The molecule has 16 nitrogen and oxygen atoms in total. The zero-order chi connectivity index (χ0) is 33.3. The van der Waals surface area contributed by atoms with Crippen LogP contribution in [0.1, 0.15) is 6.92 Å². The predicted molar refractivity (Wildman–Crippen MR) is 154 cm³/mol. The lowest BCUT2D eigenvalue weighted by Gasteiger charge is -2.42. The molecule has 0 radical (unpaired) electrons. The van der Waals surface area contributed by atoms with Crippen LogP contribution in [0, 0.1) is 0 Å². The third-order valence-corrected chi connectivity index (χ3v) is 7.73. The highest BCUT2D eigenvalue weighted by Crippen LogP contribution is 2.36. The van der Waals surface area contributed by atoms with Gasteiger partial charge in [0.25, 0.3) is 0 Å². The number of rotatable bonds is 10. The largest absolute Gasteiger partial charge is 0.504 e. The molecule has 46 heavy (non-hydrogen) atoms. The molecule has 2 saturated heterocycles. The Morgan fingerprint density at radius 3 is 2.24 bits per heavy atom. The molecule has 0 aliphatic carbocycles. The first-order chi connectivity index (χ1) is 21.9. The maximum absolute atomic E-state index is 13.2. The normalized spacial score (nSPS) is 31.5. The van der Waals surface area contributed by atoms with E-state index >= 15 is 0 Å². The van der Waals surface area contributed by atoms with E-state index in [0.717, 1.165) is 0 Å². The Morgan fingerprint density at radius 1 is 0.826 bits per heavy atom. The van der Waals surface area contributed by atoms with Gasteiger partial charge in [0.2, 0.25) is 6.29 Å². The second-order valence-corrected chi connectivity index (χ2v) is 10.9. The summed E-state index contributed by atoms with van der Waals surface area (Å²) >= 11 is 0. The van der Waals surface area contributed by atoms with Gasteiger partial charge in [0.05, 0.1) is 26.4 Å². The molecule has 16 heteroatoms. The second-order valence-electron chi connectivity index (χ2n) is 10.9. The molecule has 10 atom stereocenters. The molecule has 0 amide bonds. The molecule has 2 aliphatic rings. The summed E-state index contributed by atoms with van der Waals surface area (Å²) in [7, 11) is 1.38. The van der Waals surface area contributed by atoms with Gasteiger partial charge in [0, 0.05) is 23.8 Å². The highest BCUT2D eigenvalue weighted by atomic mass is 16.7. The molecule has 8 N–H and O–H groups in total. The Balaban J connectivity index is 1.41. The summed E-state index contributed by atoms with van der Waals surface area (Å²) in [6.07, 6.45) is -15.1. The van der Waals surface area contributed by atoms with Crippen molar-refractivity contribution in [3.05, 3.63) is 46.6 Å². The van der Waals surface area contributed by atoms with E-state index < -0.39 is 73.4 Å². The summed E-state index contributed by atoms with van der Waals surface area (Å²) in [5, 5.41) is 81.5. The number of ether oxygens (including phenoxy) is 6. The predicted octanol–water partition coefficient (Wildman–Crippen LogP) is -1.42. The molecule has 1 aromatic heterocycles. The molecule has 0 spiro atoms. The smallest absolute Gasteiger partial charge is 0.229 e. The number of phenols is 1. The molecule has 252 valence electrons. The van der Waals surface area contributed by atoms with Gasteiger partial charge in [-0.05, 0) is 25.1 Å². The molecule has 1 unspecified atom stereocenters. The van der Waals surface area contributed by atoms with Crippen molar-refractivity contribution in [3.63, 3.8) is 0 Å². The number of methoxy groups -OCH3 is 1. The summed E-state index contributed by atoms with van der Waals surface area (Å²) in [5.41, 5.74) is -0.210. The van der Waals surface area contributed by atoms with E-state index in [-0.39, 0.29) is 52.9 Å². The van der Waals surface area contributed by atoms with Crippen molar-refractivity contribution in [2.24, 2.45) is 0 Å². The first kappa shape index (κ1) is 33.8. The molecule has 2 fully saturated rings. The average Bonchev–Trinajstić information content (AvgIpc) is 3.04. The Bertz CT molecular complexity index is 1560. The molecule has 5 rings (SSSR count). The number of hydrogen-bond acceptors (Lipinski definition) is 16. The summed E-state index contributed by atoms with van der Waals surface area (Å²) in [6.45, 7) is 0.377. The van der Waals surface area contributed by atoms with Crippen LogP contribution >= 0.6 is 0 Å². The van der Waals surface area contributed by atoms with Crippen LogP contribution in [0.4, 0.5) is 0 Å². The van der Waals surface area contributed by atoms with Crippen molar-refractivity contribution in [2.75, 3.05) is 26.9 Å². The van der Waals surface area contributed by atoms with Crippen molar-refractivity contribution in [2.45, 2.75) is 68.3 Å². The molecule has 3 aromatic rings. The Morgan fingerprint density at radius 2 is 1.54 bits per heavy atom. The van der Waals surface area contributed by atoms with Crippen molar-refractivity contribution in [1.82, 2.24) is 0 Å². The zero-order valence-corrected chi connectivity index (χ0v) is 24.7. The highest BCUT2D eigenvalue weighted by Gasteiger charge is 2.47. The van der Waals surface area contributed by atoms with Gasteiger partial charge in [-0.25, -0.2) is 0 Å². The first-order valence-corrected chi connectivity index (χ1v) is 14.3. The van der Waals surface area contributed by atoms with Crippen LogP contribution in [0.3, 0.4) is 0 Å². The average molecular weight is 653 g/mol. The Hall–Kier alpha value is -3.55. The van der Waals surface area contributed by atoms with Gasteiger partial charge in [-0.2, -0.15) is 0 Å². The third kappa shape index (κ3) is 6.77. The number of fused-ring (bicyclic) bond motifs is 1. The van der Waals surface area contributed by atoms with Crippen molar-refractivity contribution >= 4 is 11.0 Å². The maximum atomic E-state index is 13.2. The van der Waals surface area contributed by atoms with Gasteiger partial charge in [-0.3, -0.25) is 4.79 Å². The maximum Gasteiger partial charge on any atom is 0.229 e. The fourth-order valence-electron chi connectivity index (χ4n) is 5.18. The van der Waals surface area contributed by atoms with Gasteiger partial charge < -0.3 is 73.7 Å². The van der Waals surface area contributed by atoms with E-state index in [4.69, 9.17) is 32.8 Å². The summed E-state index contributed by atoms with van der Waals surface area (Å²) in [6, 6.07) is 8.17. The van der Waals surface area contributed by atoms with Gasteiger partial charge in [0.1, 0.15) is 77.6 Å². The molecule has 0 bridgehead atoms. The topological polar surface area (TPSA) is 247 Å². The zero-order valence-electron chi connectivity index (χ0n) is 24.7. The monoisotopic (exact) mass is 652 g/mol. The van der Waals surface area contributed by atoms with Crippen molar-refractivity contribution in [1.29, 1.82) is 0 Å². The standard InChI is InChI=1S/C30H36O16/c1-12-23(34)25(36)27(38)29(43-12)42-11-21-24(35)26(37)28(39)30(46-21)44-14-8-19(41-6-5-31)22-16(33)10-18(45-20(22)9-14)13-3-4-17(40-2)15(32)7-13/h3-4,7-10,12,21,23-32,34-39H,5-6,11H2,1-2H3/t12-,21+,23-,24+,25+,26-,27+,28+,29-,30?/m0/s1. The lowest BCUT2D eigenvalue weighted by molar-refractivity contribution is -0.318. The van der Waals surface area contributed by atoms with E-state index in [1.165, 1.54) is 44.4 Å². The third-order valence-electron chi connectivity index (χ3n) is 7.73. The van der Waals surface area contributed by atoms with Gasteiger partial charge in [-0.15, -0.1) is 0 Å². The van der Waals surface area contributed by atoms with E-state index in [9.17, 15) is 45.6 Å². The number of benzene rings is 2. The molecular formula is C30H36O16. The van der Waals surface area contributed by atoms with Gasteiger partial charge in [-0.1, -0.05) is 0 Å². The van der Waals surface area contributed by atoms with E-state index in [2.05, 4.69) is 0 Å². The van der Waals surface area contributed by atoms with E-state index in [1.807, 2.05) is 0 Å². The van der Waals surface area contributed by atoms with Crippen molar-refractivity contribution < 1.29 is 73.7 Å². The minimum absolute atomic E-state index is 0.00158. The quantitative estimate of drug-likeness (QED) is 0.125. The van der Waals surface area contributed by atoms with Crippen molar-refractivity contribution in [3.8, 4) is 34.3 Å². The van der Waals surface area contributed by atoms with Gasteiger partial charge in [0.15, 0.2) is 23.2 Å². The van der Waals surface area contributed by atoms with Crippen LogP contribution in [0.5, 0.6) is 23.0 Å². The van der Waals surface area contributed by atoms with Crippen LogP contribution in [-0.4, -0.2) is 129 Å². The lowest BCUT2D eigenvalue weighted by atomic mass is 9.98. The summed E-state index contributed by atoms with van der Waals surface area (Å²) in [5.74, 6) is -0.0179. The lowest BCUT2D eigenvalue weighted by Crippen LogP contribution is -2.61. The summed E-state index contributed by atoms with van der Waals surface area (Å²) < 4.78 is 39.0. The van der Waals surface area contributed by atoms with Crippen LogP contribution in [0.25, 0.3) is 22.3 Å². The highest BCUT2D eigenvalue weighted by molar-refractivity contribution is 5.86. The SMILES string of the molecule is COc1ccc(-c2cc(=O)c3c(OCCO)cc(OC4O[C@H](CO[C@H]5O[C@@H](C)[C@H](O)[C@@H](O)[C@H]5O)[C@@H](O)[C@H](O)[C@H]4O)cc3o2)cc1O. The molecule has 0 saturated carbocycles. The van der Waals surface area contributed by atoms with Crippen LogP contribution in [0.15, 0.2) is 45.6 Å². The number of aromatic hydroxyl groups is 1. The molecule has 3 heterocycles. The Kier molecular flexibility index (Phi) is 10.3. The first-order valence-electron chi connectivity index (χ1n) is 14.3. The number of hydrogen-bond donors (Lipinski definition) is 8. The second kappa shape index (κ2) is 14.1. The fraction of sp³-hybridized carbons (Fsp3) is 0.500. The number of aliphatic hydroxyl groups is 7. The van der Waals surface area contributed by atoms with Crippen LogP contribution < -0.4 is 19.6 Å². The number of aliphatic hydroxyl groups excluding tert-OH is 7. The minimum Gasteiger partial charge on any atom is -0.504 e.